The van der Waals surface area contributed by atoms with Crippen molar-refractivity contribution in [1.29, 1.82) is 0 Å². The number of halogens is 5. The first-order valence-electron chi connectivity index (χ1n) is 2.97. The third-order valence-corrected chi connectivity index (χ3v) is 1.80. The third-order valence-electron chi connectivity index (χ3n) is 1.04. The highest BCUT2D eigenvalue weighted by atomic mass is 32.2. The van der Waals surface area contributed by atoms with E-state index in [2.05, 4.69) is 5.10 Å². The van der Waals surface area contributed by atoms with Crippen LogP contribution >= 0.6 is 11.8 Å². The lowest BCUT2D eigenvalue weighted by molar-refractivity contribution is -0.0336. The van der Waals surface area contributed by atoms with Gasteiger partial charge in [-0.1, -0.05) is 0 Å². The third kappa shape index (κ3) is 2.87. The average Bonchev–Trinajstić information content (AvgIpc) is 2.31. The van der Waals surface area contributed by atoms with Crippen LogP contribution in [0.4, 0.5) is 22.0 Å². The van der Waals surface area contributed by atoms with Crippen molar-refractivity contribution in [3.63, 3.8) is 0 Å². The molecule has 2 nitrogen and oxygen atoms in total. The summed E-state index contributed by atoms with van der Waals surface area (Å²) >= 11 is -0.617. The Labute approximate surface area is 73.7 Å². The maximum atomic E-state index is 12.0. The molecule has 0 saturated carbocycles. The summed E-state index contributed by atoms with van der Waals surface area (Å²) in [6.07, 6.45) is 0.889. The van der Waals surface area contributed by atoms with Crippen molar-refractivity contribution in [2.45, 2.75) is 17.1 Å². The van der Waals surface area contributed by atoms with E-state index in [-0.39, 0.29) is 4.68 Å². The molecule has 0 aromatic carbocycles. The summed E-state index contributed by atoms with van der Waals surface area (Å²) in [4.78, 5) is 0. The van der Waals surface area contributed by atoms with Crippen molar-refractivity contribution in [2.24, 2.45) is 0 Å². The molecule has 1 heterocycles. The van der Waals surface area contributed by atoms with Gasteiger partial charge in [-0.2, -0.15) is 31.7 Å². The van der Waals surface area contributed by atoms with Crippen LogP contribution in [-0.2, 0) is 0 Å². The van der Waals surface area contributed by atoms with Gasteiger partial charge in [0.05, 0.1) is 6.20 Å². The molecule has 13 heavy (non-hydrogen) atoms. The average molecular weight is 218 g/mol. The Balaban J connectivity index is 2.83. The molecule has 0 fully saturated rings. The summed E-state index contributed by atoms with van der Waals surface area (Å²) in [5, 5.41) is 2.42. The molecule has 0 radical (unpaired) electrons. The SMILES string of the molecule is FC(F)n1nccc1SC(F)(F)F. The molecule has 0 atom stereocenters. The van der Waals surface area contributed by atoms with Crippen LogP contribution in [0.2, 0.25) is 0 Å². The highest BCUT2D eigenvalue weighted by Crippen LogP contribution is 2.37. The molecule has 1 aromatic rings. The first kappa shape index (κ1) is 10.3. The fourth-order valence-corrected chi connectivity index (χ4v) is 1.23. The summed E-state index contributed by atoms with van der Waals surface area (Å²) < 4.78 is 59.1. The molecular weight excluding hydrogens is 215 g/mol. The molecule has 0 aliphatic heterocycles. The van der Waals surface area contributed by atoms with E-state index in [0.29, 0.717) is 0 Å². The Hall–Kier alpha value is -0.790. The second-order valence-corrected chi connectivity index (χ2v) is 3.02. The quantitative estimate of drug-likeness (QED) is 0.561. The van der Waals surface area contributed by atoms with Gasteiger partial charge in [0.2, 0.25) is 0 Å². The monoisotopic (exact) mass is 218 g/mol. The molecule has 8 heteroatoms. The number of alkyl halides is 5. The first-order chi connectivity index (χ1) is 5.90. The van der Waals surface area contributed by atoms with Crippen LogP contribution in [0, 0.1) is 0 Å². The van der Waals surface area contributed by atoms with Gasteiger partial charge < -0.3 is 0 Å². The van der Waals surface area contributed by atoms with Gasteiger partial charge in [-0.15, -0.1) is 0 Å². The fourth-order valence-electron chi connectivity index (χ4n) is 0.648. The van der Waals surface area contributed by atoms with Gasteiger partial charge in [-0.25, -0.2) is 0 Å². The van der Waals surface area contributed by atoms with Crippen LogP contribution in [-0.4, -0.2) is 15.3 Å². The van der Waals surface area contributed by atoms with Crippen molar-refractivity contribution in [3.8, 4) is 0 Å². The van der Waals surface area contributed by atoms with Gasteiger partial charge in [0, 0.05) is 11.8 Å². The predicted octanol–water partition coefficient (Wildman–Crippen LogP) is 2.89. The number of nitrogens with zero attached hydrogens (tertiary/aromatic N) is 2. The largest absolute Gasteiger partial charge is 0.447 e. The minimum absolute atomic E-state index is 0.0121. The first-order valence-corrected chi connectivity index (χ1v) is 3.79. The topological polar surface area (TPSA) is 17.8 Å². The van der Waals surface area contributed by atoms with E-state index in [1.807, 2.05) is 0 Å². The smallest absolute Gasteiger partial charge is 0.197 e. The maximum Gasteiger partial charge on any atom is 0.447 e. The van der Waals surface area contributed by atoms with Crippen LogP contribution < -0.4 is 0 Å². The lowest BCUT2D eigenvalue weighted by Crippen LogP contribution is -2.06. The highest BCUT2D eigenvalue weighted by Gasteiger charge is 2.32. The van der Waals surface area contributed by atoms with Crippen molar-refractivity contribution < 1.29 is 22.0 Å². The van der Waals surface area contributed by atoms with Crippen LogP contribution in [0.15, 0.2) is 17.3 Å². The van der Waals surface area contributed by atoms with Crippen molar-refractivity contribution in [3.05, 3.63) is 12.3 Å². The lowest BCUT2D eigenvalue weighted by atomic mass is 10.7. The highest BCUT2D eigenvalue weighted by molar-refractivity contribution is 8.00. The Morgan fingerprint density at radius 2 is 2.00 bits per heavy atom. The van der Waals surface area contributed by atoms with Crippen molar-refractivity contribution in [2.75, 3.05) is 0 Å². The number of aromatic nitrogens is 2. The van der Waals surface area contributed by atoms with Gasteiger partial charge in [0.25, 0.3) is 0 Å². The number of thioether (sulfide) groups is 1. The predicted molar refractivity (Wildman–Crippen MR) is 35.4 cm³/mol. The second kappa shape index (κ2) is 3.52. The zero-order chi connectivity index (χ0) is 10.1. The Kier molecular flexibility index (Phi) is 2.79. The molecule has 0 aliphatic rings. The molecule has 1 rings (SSSR count). The molecule has 74 valence electrons. The van der Waals surface area contributed by atoms with Gasteiger partial charge in [-0.3, -0.25) is 0 Å². The van der Waals surface area contributed by atoms with Gasteiger partial charge >= 0.3 is 12.1 Å². The molecule has 0 aliphatic carbocycles. The molecule has 0 bridgehead atoms. The number of rotatable bonds is 2. The zero-order valence-corrected chi connectivity index (χ0v) is 6.74. The molecule has 0 unspecified atom stereocenters. The molecule has 1 aromatic heterocycles. The van der Waals surface area contributed by atoms with Gasteiger partial charge in [-0.05, 0) is 6.07 Å². The molecular formula is C5H3F5N2S. The Bertz CT molecular complexity index is 281. The van der Waals surface area contributed by atoms with Crippen LogP contribution in [0.5, 0.6) is 0 Å². The minimum Gasteiger partial charge on any atom is -0.197 e. The number of hydrogen-bond donors (Lipinski definition) is 0. The van der Waals surface area contributed by atoms with E-state index in [0.717, 1.165) is 12.3 Å². The zero-order valence-electron chi connectivity index (χ0n) is 5.92. The van der Waals surface area contributed by atoms with E-state index in [1.54, 1.807) is 0 Å². The molecule has 0 spiro atoms. The van der Waals surface area contributed by atoms with Crippen LogP contribution in [0.25, 0.3) is 0 Å². The van der Waals surface area contributed by atoms with E-state index < -0.39 is 28.8 Å². The normalized spacial score (nSPS) is 12.5. The van der Waals surface area contributed by atoms with Crippen molar-refractivity contribution >= 4 is 11.8 Å². The van der Waals surface area contributed by atoms with E-state index in [4.69, 9.17) is 0 Å². The van der Waals surface area contributed by atoms with Crippen LogP contribution in [0.1, 0.15) is 6.55 Å². The van der Waals surface area contributed by atoms with Crippen molar-refractivity contribution in [1.82, 2.24) is 9.78 Å². The molecule has 0 N–H and O–H groups in total. The summed E-state index contributed by atoms with van der Waals surface area (Å²) in [6.45, 7) is -3.06. The summed E-state index contributed by atoms with van der Waals surface area (Å²) in [7, 11) is 0. The second-order valence-electron chi connectivity index (χ2n) is 1.94. The Morgan fingerprint density at radius 1 is 1.38 bits per heavy atom. The van der Waals surface area contributed by atoms with E-state index in [1.165, 1.54) is 0 Å². The molecule has 0 saturated heterocycles. The molecule has 0 amide bonds. The summed E-state index contributed by atoms with van der Waals surface area (Å²) in [6, 6.07) is 0.879. The maximum absolute atomic E-state index is 12.0. The summed E-state index contributed by atoms with van der Waals surface area (Å²) in [5.74, 6) is 0. The lowest BCUT2D eigenvalue weighted by Gasteiger charge is -2.07. The van der Waals surface area contributed by atoms with Crippen LogP contribution in [0.3, 0.4) is 0 Å². The standard InChI is InChI=1S/C5H3F5N2S/c6-4(7)12-3(1-2-11-12)13-5(8,9)10/h1-2,4H. The van der Waals surface area contributed by atoms with Gasteiger partial charge in [0.15, 0.2) is 0 Å². The Morgan fingerprint density at radius 3 is 2.46 bits per heavy atom. The minimum atomic E-state index is -4.58. The van der Waals surface area contributed by atoms with E-state index in [9.17, 15) is 22.0 Å². The summed E-state index contributed by atoms with van der Waals surface area (Å²) in [5.41, 5.74) is -4.58. The fraction of sp³-hybridized carbons (Fsp3) is 0.400. The number of hydrogen-bond acceptors (Lipinski definition) is 2. The van der Waals surface area contributed by atoms with Gasteiger partial charge in [0.1, 0.15) is 5.03 Å². The van der Waals surface area contributed by atoms with E-state index >= 15 is 0 Å².